The second-order valence-corrected chi connectivity index (χ2v) is 8.72. The molecule has 2 rings (SSSR count). The summed E-state index contributed by atoms with van der Waals surface area (Å²) in [5, 5.41) is 13.4. The van der Waals surface area contributed by atoms with Gasteiger partial charge in [-0.25, -0.2) is 14.3 Å². The predicted octanol–water partition coefficient (Wildman–Crippen LogP) is 2.95. The van der Waals surface area contributed by atoms with Crippen LogP contribution in [0.3, 0.4) is 0 Å². The molecule has 10 nitrogen and oxygen atoms in total. The molecule has 0 aliphatic rings. The lowest BCUT2D eigenvalue weighted by atomic mass is 10.0. The summed E-state index contributed by atoms with van der Waals surface area (Å²) in [6.07, 6.45) is 4.39. The van der Waals surface area contributed by atoms with Gasteiger partial charge >= 0.3 is 11.7 Å². The number of aromatic nitrogens is 3. The number of ether oxygens (including phenoxy) is 2. The Morgan fingerprint density at radius 3 is 2.29 bits per heavy atom. The van der Waals surface area contributed by atoms with Crippen LogP contribution in [0.4, 0.5) is 5.82 Å². The molecule has 34 heavy (non-hydrogen) atoms. The van der Waals surface area contributed by atoms with Crippen molar-refractivity contribution >= 4 is 11.8 Å². The van der Waals surface area contributed by atoms with Crippen LogP contribution >= 0.6 is 0 Å². The highest BCUT2D eigenvalue weighted by Gasteiger charge is 2.29. The van der Waals surface area contributed by atoms with Crippen LogP contribution in [0.5, 0.6) is 11.5 Å². The Morgan fingerprint density at radius 1 is 1.15 bits per heavy atom. The molecule has 0 saturated carbocycles. The van der Waals surface area contributed by atoms with Crippen LogP contribution in [-0.2, 0) is 11.8 Å². The number of H-pyrrole nitrogens is 1. The summed E-state index contributed by atoms with van der Waals surface area (Å²) in [5.74, 6) is 0.266. The van der Waals surface area contributed by atoms with E-state index in [1.54, 1.807) is 24.3 Å². The molecule has 0 fully saturated rings. The number of aliphatic carboxylic acids is 1. The Bertz CT molecular complexity index is 1040. The van der Waals surface area contributed by atoms with Gasteiger partial charge in [0.25, 0.3) is 5.56 Å². The number of hydrogen-bond acceptors (Lipinski definition) is 7. The second kappa shape index (κ2) is 12.2. The van der Waals surface area contributed by atoms with E-state index in [1.165, 1.54) is 20.9 Å². The molecule has 0 saturated heterocycles. The smallest absolute Gasteiger partial charge is 0.347 e. The molecule has 0 aliphatic heterocycles. The lowest BCUT2D eigenvalue weighted by molar-refractivity contribution is -0.152. The average molecular weight is 477 g/mol. The van der Waals surface area contributed by atoms with Gasteiger partial charge in [-0.05, 0) is 57.4 Å². The zero-order valence-electron chi connectivity index (χ0n) is 20.7. The molecule has 1 aromatic carbocycles. The van der Waals surface area contributed by atoms with E-state index in [2.05, 4.69) is 23.9 Å². The first-order valence-corrected chi connectivity index (χ1v) is 11.7. The largest absolute Gasteiger partial charge is 0.494 e. The van der Waals surface area contributed by atoms with Gasteiger partial charge in [0.05, 0.1) is 6.61 Å². The van der Waals surface area contributed by atoms with Gasteiger partial charge in [-0.3, -0.25) is 9.78 Å². The quantitative estimate of drug-likeness (QED) is 0.399. The number of nitrogens with one attached hydrogen (secondary N) is 1. The van der Waals surface area contributed by atoms with E-state index in [4.69, 9.17) is 9.47 Å². The molecule has 0 aliphatic carbocycles. The molecule has 188 valence electrons. The van der Waals surface area contributed by atoms with E-state index in [0.717, 1.165) is 30.4 Å². The molecule has 0 atom stereocenters. The number of rotatable bonds is 14. The fourth-order valence-electron chi connectivity index (χ4n) is 3.61. The molecule has 0 radical (unpaired) electrons. The maximum Gasteiger partial charge on any atom is 0.347 e. The second-order valence-electron chi connectivity index (χ2n) is 8.72. The Labute approximate surface area is 199 Å². The minimum Gasteiger partial charge on any atom is -0.494 e. The number of anilines is 1. The Balaban J connectivity index is 2.05. The van der Waals surface area contributed by atoms with E-state index in [-0.39, 0.29) is 11.9 Å². The third kappa shape index (κ3) is 7.36. The Morgan fingerprint density at radius 2 is 1.74 bits per heavy atom. The number of benzene rings is 1. The summed E-state index contributed by atoms with van der Waals surface area (Å²) in [6, 6.07) is 6.91. The van der Waals surface area contributed by atoms with Crippen molar-refractivity contribution in [2.75, 3.05) is 18.1 Å². The van der Waals surface area contributed by atoms with Gasteiger partial charge in [0.2, 0.25) is 5.82 Å². The Kier molecular flexibility index (Phi) is 9.70. The zero-order valence-corrected chi connectivity index (χ0v) is 20.7. The first kappa shape index (κ1) is 26.9. The fraction of sp³-hybridized carbons (Fsp3) is 0.583. The predicted molar refractivity (Wildman–Crippen MR) is 130 cm³/mol. The van der Waals surface area contributed by atoms with Crippen LogP contribution in [0.25, 0.3) is 0 Å². The summed E-state index contributed by atoms with van der Waals surface area (Å²) in [7, 11) is 1.52. The van der Waals surface area contributed by atoms with Crippen molar-refractivity contribution in [3.8, 4) is 11.5 Å². The van der Waals surface area contributed by atoms with Crippen LogP contribution in [0.2, 0.25) is 0 Å². The molecule has 1 heterocycles. The molecule has 0 spiro atoms. The topological polar surface area (TPSA) is 127 Å². The van der Waals surface area contributed by atoms with Crippen LogP contribution in [0, 0.1) is 0 Å². The minimum absolute atomic E-state index is 0.134. The number of aryl methyl sites for hydroxylation is 1. The molecule has 2 aromatic rings. The SMILES string of the molecule is CCCC(CCC)N(CCCOc1ccc(OC(C)(C)C(=O)O)cc1)c1nn(C)c(=O)[nH]c1=O. The molecular formula is C24H36N4O6. The fourth-order valence-corrected chi connectivity index (χ4v) is 3.61. The number of carboxylic acids is 1. The van der Waals surface area contributed by atoms with Crippen molar-refractivity contribution in [1.82, 2.24) is 14.8 Å². The molecule has 0 bridgehead atoms. The van der Waals surface area contributed by atoms with Crippen molar-refractivity contribution in [3.63, 3.8) is 0 Å². The highest BCUT2D eigenvalue weighted by atomic mass is 16.5. The number of carboxylic acid groups (broad SMARTS) is 1. The minimum atomic E-state index is -1.33. The molecule has 0 unspecified atom stereocenters. The van der Waals surface area contributed by atoms with Crippen molar-refractivity contribution in [2.45, 2.75) is 71.4 Å². The zero-order chi connectivity index (χ0) is 25.3. The van der Waals surface area contributed by atoms with Gasteiger partial charge in [-0.2, -0.15) is 0 Å². The van der Waals surface area contributed by atoms with Gasteiger partial charge in [0.1, 0.15) is 11.5 Å². The lowest BCUT2D eigenvalue weighted by Crippen LogP contribution is -2.44. The molecule has 10 heteroatoms. The molecule has 2 N–H and O–H groups in total. The molecule has 0 amide bonds. The summed E-state index contributed by atoms with van der Waals surface area (Å²) in [4.78, 5) is 39.8. The Hall–Kier alpha value is -3.30. The van der Waals surface area contributed by atoms with Crippen LogP contribution in [0.1, 0.15) is 59.8 Å². The van der Waals surface area contributed by atoms with Gasteiger partial charge < -0.3 is 19.5 Å². The average Bonchev–Trinajstić information content (AvgIpc) is 2.77. The van der Waals surface area contributed by atoms with E-state index < -0.39 is 22.8 Å². The van der Waals surface area contributed by atoms with E-state index >= 15 is 0 Å². The number of carbonyl (C=O) groups is 1. The van der Waals surface area contributed by atoms with Crippen LogP contribution < -0.4 is 25.6 Å². The maximum absolute atomic E-state index is 12.5. The summed E-state index contributed by atoms with van der Waals surface area (Å²) >= 11 is 0. The lowest BCUT2D eigenvalue weighted by Gasteiger charge is -2.32. The van der Waals surface area contributed by atoms with E-state index in [9.17, 15) is 19.5 Å². The highest BCUT2D eigenvalue weighted by Crippen LogP contribution is 2.23. The third-order valence-electron chi connectivity index (χ3n) is 5.44. The summed E-state index contributed by atoms with van der Waals surface area (Å²) in [6.45, 7) is 8.14. The van der Waals surface area contributed by atoms with Crippen molar-refractivity contribution in [2.24, 2.45) is 7.05 Å². The van der Waals surface area contributed by atoms with Gasteiger partial charge in [0, 0.05) is 19.6 Å². The highest BCUT2D eigenvalue weighted by molar-refractivity contribution is 5.76. The van der Waals surface area contributed by atoms with Crippen molar-refractivity contribution in [3.05, 3.63) is 45.1 Å². The van der Waals surface area contributed by atoms with E-state index in [1.807, 2.05) is 4.90 Å². The van der Waals surface area contributed by atoms with Crippen LogP contribution in [0.15, 0.2) is 33.9 Å². The van der Waals surface area contributed by atoms with Gasteiger partial charge in [0.15, 0.2) is 5.60 Å². The summed E-state index contributed by atoms with van der Waals surface area (Å²) in [5.41, 5.74) is -2.36. The third-order valence-corrected chi connectivity index (χ3v) is 5.44. The van der Waals surface area contributed by atoms with Crippen LogP contribution in [-0.4, -0.2) is 50.6 Å². The standard InChI is InChI=1S/C24H36N4O6/c1-6-9-17(10-7-2)28(20-21(29)25-23(32)27(5)26-20)15-8-16-33-18-11-13-19(14-12-18)34-24(3,4)22(30)31/h11-14,17H,6-10,15-16H2,1-5H3,(H,30,31)(H,25,29,32). The first-order chi connectivity index (χ1) is 16.1. The van der Waals surface area contributed by atoms with E-state index in [0.29, 0.717) is 31.1 Å². The first-order valence-electron chi connectivity index (χ1n) is 11.7. The monoisotopic (exact) mass is 476 g/mol. The molecular weight excluding hydrogens is 440 g/mol. The number of aromatic amines is 1. The summed E-state index contributed by atoms with van der Waals surface area (Å²) < 4.78 is 12.5. The van der Waals surface area contributed by atoms with Crippen molar-refractivity contribution in [1.29, 1.82) is 0 Å². The maximum atomic E-state index is 12.5. The molecule has 1 aromatic heterocycles. The number of nitrogens with zero attached hydrogens (tertiary/aromatic N) is 3. The number of hydrogen-bond donors (Lipinski definition) is 2. The van der Waals surface area contributed by atoms with Gasteiger partial charge in [-0.1, -0.05) is 26.7 Å². The van der Waals surface area contributed by atoms with Gasteiger partial charge in [-0.15, -0.1) is 5.10 Å². The van der Waals surface area contributed by atoms with Crippen molar-refractivity contribution < 1.29 is 19.4 Å². The normalized spacial score (nSPS) is 11.5.